The Morgan fingerprint density at radius 2 is 1.88 bits per heavy atom. The van der Waals surface area contributed by atoms with Crippen LogP contribution in [-0.4, -0.2) is 19.3 Å². The molecule has 2 N–H and O–H groups in total. The highest BCUT2D eigenvalue weighted by Gasteiger charge is 2.13. The number of pyridine rings is 2. The van der Waals surface area contributed by atoms with E-state index in [2.05, 4.69) is 10.1 Å². The second kappa shape index (κ2) is 6.48. The first-order valence-corrected chi connectivity index (χ1v) is 8.52. The standard InChI is InChI=1S/C18H13Cl2N5O/c19-13-4-2-1-3-11(13)10-25-15-5-6-24(18(26)12(15)8-23-25)16-7-17(21)22-9-14(16)20/h1-9H,10H2,(H2,21,22). The molecule has 0 bridgehead atoms. The minimum Gasteiger partial charge on any atom is -0.384 e. The van der Waals surface area contributed by atoms with Crippen molar-refractivity contribution in [1.82, 2.24) is 19.3 Å². The summed E-state index contributed by atoms with van der Waals surface area (Å²) in [5.41, 5.74) is 7.60. The molecule has 0 aliphatic rings. The fraction of sp³-hybridized carbons (Fsp3) is 0.0556. The predicted octanol–water partition coefficient (Wildman–Crippen LogP) is 3.52. The van der Waals surface area contributed by atoms with Gasteiger partial charge in [0.25, 0.3) is 5.56 Å². The third kappa shape index (κ3) is 2.83. The van der Waals surface area contributed by atoms with Crippen LogP contribution in [-0.2, 0) is 6.54 Å². The summed E-state index contributed by atoms with van der Waals surface area (Å²) in [6, 6.07) is 10.9. The number of nitrogens with two attached hydrogens (primary N) is 1. The molecule has 0 saturated carbocycles. The summed E-state index contributed by atoms with van der Waals surface area (Å²) in [4.78, 5) is 16.8. The molecule has 0 radical (unpaired) electrons. The van der Waals surface area contributed by atoms with E-state index in [4.69, 9.17) is 28.9 Å². The average Bonchev–Trinajstić information content (AvgIpc) is 3.03. The molecule has 3 heterocycles. The van der Waals surface area contributed by atoms with Gasteiger partial charge in [-0.2, -0.15) is 5.10 Å². The van der Waals surface area contributed by atoms with Gasteiger partial charge in [-0.1, -0.05) is 41.4 Å². The third-order valence-corrected chi connectivity index (χ3v) is 4.76. The maximum absolute atomic E-state index is 12.9. The van der Waals surface area contributed by atoms with Crippen LogP contribution in [0.5, 0.6) is 0 Å². The van der Waals surface area contributed by atoms with Crippen molar-refractivity contribution < 1.29 is 0 Å². The quantitative estimate of drug-likeness (QED) is 0.584. The van der Waals surface area contributed by atoms with Crippen LogP contribution in [0.3, 0.4) is 0 Å². The zero-order valence-electron chi connectivity index (χ0n) is 13.4. The average molecular weight is 386 g/mol. The Balaban J connectivity index is 1.82. The van der Waals surface area contributed by atoms with Crippen molar-refractivity contribution in [1.29, 1.82) is 0 Å². The molecule has 6 nitrogen and oxygen atoms in total. The molecule has 26 heavy (non-hydrogen) atoms. The first kappa shape index (κ1) is 16.6. The summed E-state index contributed by atoms with van der Waals surface area (Å²) in [6.45, 7) is 0.468. The Kier molecular flexibility index (Phi) is 4.14. The van der Waals surface area contributed by atoms with Crippen LogP contribution in [0.1, 0.15) is 5.56 Å². The Labute approximate surface area is 158 Å². The van der Waals surface area contributed by atoms with Gasteiger partial charge in [0.15, 0.2) is 0 Å². The molecule has 3 aromatic heterocycles. The van der Waals surface area contributed by atoms with Crippen LogP contribution in [0.25, 0.3) is 16.6 Å². The monoisotopic (exact) mass is 385 g/mol. The molecule has 0 aliphatic carbocycles. The lowest BCUT2D eigenvalue weighted by atomic mass is 10.2. The molecule has 0 aliphatic heterocycles. The van der Waals surface area contributed by atoms with E-state index >= 15 is 0 Å². The SMILES string of the molecule is Nc1cc(-n2ccc3c(cnn3Cc3ccccc3Cl)c2=O)c(Cl)cn1. The van der Waals surface area contributed by atoms with Gasteiger partial charge in [-0.3, -0.25) is 14.0 Å². The maximum atomic E-state index is 12.9. The van der Waals surface area contributed by atoms with E-state index in [-0.39, 0.29) is 11.4 Å². The predicted molar refractivity (Wildman–Crippen MR) is 103 cm³/mol. The number of anilines is 1. The molecular formula is C18H13Cl2N5O. The molecule has 4 aromatic rings. The topological polar surface area (TPSA) is 78.7 Å². The van der Waals surface area contributed by atoms with Gasteiger partial charge in [-0.25, -0.2) is 4.98 Å². The molecule has 0 saturated heterocycles. The lowest BCUT2D eigenvalue weighted by Crippen LogP contribution is -2.18. The normalized spacial score (nSPS) is 11.2. The molecule has 4 rings (SSSR count). The molecule has 1 aromatic carbocycles. The van der Waals surface area contributed by atoms with Crippen molar-refractivity contribution in [2.45, 2.75) is 6.54 Å². The fourth-order valence-corrected chi connectivity index (χ4v) is 3.20. The Bertz CT molecular complexity index is 1180. The molecule has 130 valence electrons. The highest BCUT2D eigenvalue weighted by Crippen LogP contribution is 2.22. The van der Waals surface area contributed by atoms with Crippen LogP contribution in [0, 0.1) is 0 Å². The summed E-state index contributed by atoms with van der Waals surface area (Å²) < 4.78 is 3.18. The summed E-state index contributed by atoms with van der Waals surface area (Å²) in [5.74, 6) is 0.283. The maximum Gasteiger partial charge on any atom is 0.266 e. The van der Waals surface area contributed by atoms with E-state index in [1.807, 2.05) is 30.3 Å². The summed E-state index contributed by atoms with van der Waals surface area (Å²) in [6.07, 6.45) is 4.61. The minimum atomic E-state index is -0.236. The largest absolute Gasteiger partial charge is 0.384 e. The van der Waals surface area contributed by atoms with E-state index in [9.17, 15) is 4.79 Å². The van der Waals surface area contributed by atoms with E-state index in [0.29, 0.717) is 33.2 Å². The summed E-state index contributed by atoms with van der Waals surface area (Å²) in [7, 11) is 0. The van der Waals surface area contributed by atoms with Gasteiger partial charge in [0, 0.05) is 17.3 Å². The van der Waals surface area contributed by atoms with Crippen molar-refractivity contribution in [2.24, 2.45) is 0 Å². The Morgan fingerprint density at radius 1 is 1.08 bits per heavy atom. The molecule has 0 spiro atoms. The number of nitrogen functional groups attached to an aromatic ring is 1. The number of rotatable bonds is 3. The lowest BCUT2D eigenvalue weighted by Gasteiger charge is -2.09. The van der Waals surface area contributed by atoms with Gasteiger partial charge in [0.1, 0.15) is 5.82 Å². The van der Waals surface area contributed by atoms with Crippen LogP contribution in [0.4, 0.5) is 5.82 Å². The number of hydrogen-bond donors (Lipinski definition) is 1. The first-order valence-electron chi connectivity index (χ1n) is 7.76. The lowest BCUT2D eigenvalue weighted by molar-refractivity contribution is 0.712. The van der Waals surface area contributed by atoms with Gasteiger partial charge in [-0.15, -0.1) is 0 Å². The second-order valence-electron chi connectivity index (χ2n) is 5.74. The number of fused-ring (bicyclic) bond motifs is 1. The number of halogens is 2. The summed E-state index contributed by atoms with van der Waals surface area (Å²) >= 11 is 12.4. The van der Waals surface area contributed by atoms with Crippen molar-refractivity contribution in [3.05, 3.63) is 81.0 Å². The number of hydrogen-bond acceptors (Lipinski definition) is 4. The van der Waals surface area contributed by atoms with E-state index < -0.39 is 0 Å². The van der Waals surface area contributed by atoms with E-state index in [1.54, 1.807) is 23.1 Å². The highest BCUT2D eigenvalue weighted by atomic mass is 35.5. The van der Waals surface area contributed by atoms with Gasteiger partial charge in [-0.05, 0) is 17.7 Å². The van der Waals surface area contributed by atoms with Gasteiger partial charge < -0.3 is 5.73 Å². The van der Waals surface area contributed by atoms with Crippen molar-refractivity contribution >= 4 is 39.9 Å². The van der Waals surface area contributed by atoms with Gasteiger partial charge >= 0.3 is 0 Å². The zero-order chi connectivity index (χ0) is 18.3. The smallest absolute Gasteiger partial charge is 0.266 e. The Hall–Kier alpha value is -2.83. The van der Waals surface area contributed by atoms with Crippen molar-refractivity contribution in [2.75, 3.05) is 5.73 Å². The molecule has 0 atom stereocenters. The van der Waals surface area contributed by atoms with Crippen LogP contribution in [0.15, 0.2) is 59.8 Å². The molecule has 0 amide bonds. The zero-order valence-corrected chi connectivity index (χ0v) is 14.9. The molecular weight excluding hydrogens is 373 g/mol. The van der Waals surface area contributed by atoms with Gasteiger partial charge in [0.05, 0.1) is 40.6 Å². The van der Waals surface area contributed by atoms with E-state index in [1.165, 1.54) is 10.8 Å². The van der Waals surface area contributed by atoms with Gasteiger partial charge in [0.2, 0.25) is 0 Å². The van der Waals surface area contributed by atoms with Crippen LogP contribution >= 0.6 is 23.2 Å². The number of nitrogens with zero attached hydrogens (tertiary/aromatic N) is 4. The second-order valence-corrected chi connectivity index (χ2v) is 6.56. The Morgan fingerprint density at radius 3 is 2.69 bits per heavy atom. The van der Waals surface area contributed by atoms with E-state index in [0.717, 1.165) is 5.56 Å². The fourth-order valence-electron chi connectivity index (χ4n) is 2.81. The minimum absolute atomic E-state index is 0.236. The molecule has 0 unspecified atom stereocenters. The summed E-state index contributed by atoms with van der Waals surface area (Å²) in [5, 5.41) is 5.81. The van der Waals surface area contributed by atoms with Crippen LogP contribution < -0.4 is 11.3 Å². The highest BCUT2D eigenvalue weighted by molar-refractivity contribution is 6.32. The molecule has 0 fully saturated rings. The molecule has 8 heteroatoms. The number of benzene rings is 1. The van der Waals surface area contributed by atoms with Crippen molar-refractivity contribution in [3.63, 3.8) is 0 Å². The first-order chi connectivity index (χ1) is 12.5. The third-order valence-electron chi connectivity index (χ3n) is 4.10. The van der Waals surface area contributed by atoms with Crippen LogP contribution in [0.2, 0.25) is 10.0 Å². The number of aromatic nitrogens is 4. The van der Waals surface area contributed by atoms with Crippen molar-refractivity contribution in [3.8, 4) is 5.69 Å².